The van der Waals surface area contributed by atoms with Gasteiger partial charge in [0.25, 0.3) is 0 Å². The van der Waals surface area contributed by atoms with Crippen molar-refractivity contribution in [2.24, 2.45) is 11.7 Å². The molecule has 13 heavy (non-hydrogen) atoms. The average molecular weight is 263 g/mol. The standard InChI is InChI=1S/C9H15BrN2S/c1-3-7-9(10)12-8(13-7)4-6(2)5-11/h6H,3-5,11H2,1-2H3. The van der Waals surface area contributed by atoms with E-state index in [0.717, 1.165) is 24.0 Å². The normalized spacial score (nSPS) is 13.2. The van der Waals surface area contributed by atoms with Gasteiger partial charge < -0.3 is 5.73 Å². The minimum absolute atomic E-state index is 0.530. The Hall–Kier alpha value is 0.0700. The maximum Gasteiger partial charge on any atom is 0.120 e. The number of nitrogens with two attached hydrogens (primary N) is 1. The number of hydrogen-bond donors (Lipinski definition) is 1. The number of aryl methyl sites for hydroxylation is 1. The largest absolute Gasteiger partial charge is 0.330 e. The molecule has 0 fully saturated rings. The van der Waals surface area contributed by atoms with E-state index in [2.05, 4.69) is 34.8 Å². The Morgan fingerprint density at radius 1 is 1.62 bits per heavy atom. The lowest BCUT2D eigenvalue weighted by atomic mass is 10.1. The summed E-state index contributed by atoms with van der Waals surface area (Å²) in [6.45, 7) is 5.04. The molecule has 0 radical (unpaired) electrons. The van der Waals surface area contributed by atoms with Gasteiger partial charge in [0.05, 0.1) is 5.01 Å². The molecule has 2 N–H and O–H groups in total. The number of aromatic nitrogens is 1. The van der Waals surface area contributed by atoms with Crippen molar-refractivity contribution in [3.8, 4) is 0 Å². The van der Waals surface area contributed by atoms with Crippen LogP contribution in [-0.4, -0.2) is 11.5 Å². The van der Waals surface area contributed by atoms with E-state index in [-0.39, 0.29) is 0 Å². The first-order valence-corrected chi connectivity index (χ1v) is 6.12. The molecule has 1 unspecified atom stereocenters. The van der Waals surface area contributed by atoms with Crippen molar-refractivity contribution in [1.82, 2.24) is 4.98 Å². The molecule has 1 aromatic heterocycles. The van der Waals surface area contributed by atoms with Crippen LogP contribution in [0.4, 0.5) is 0 Å². The maximum atomic E-state index is 5.56. The summed E-state index contributed by atoms with van der Waals surface area (Å²) in [5.41, 5.74) is 5.56. The lowest BCUT2D eigenvalue weighted by Crippen LogP contribution is -2.12. The van der Waals surface area contributed by atoms with Crippen LogP contribution in [0.2, 0.25) is 0 Å². The number of nitrogens with zero attached hydrogens (tertiary/aromatic N) is 1. The Bertz CT molecular complexity index is 273. The fraction of sp³-hybridized carbons (Fsp3) is 0.667. The summed E-state index contributed by atoms with van der Waals surface area (Å²) < 4.78 is 1.01. The zero-order valence-electron chi connectivity index (χ0n) is 8.01. The lowest BCUT2D eigenvalue weighted by molar-refractivity contribution is 0.591. The van der Waals surface area contributed by atoms with Gasteiger partial charge in [-0.05, 0) is 34.8 Å². The van der Waals surface area contributed by atoms with Gasteiger partial charge in [0.15, 0.2) is 0 Å². The Morgan fingerprint density at radius 3 is 2.77 bits per heavy atom. The summed E-state index contributed by atoms with van der Waals surface area (Å²) in [5, 5.41) is 1.20. The fourth-order valence-electron chi connectivity index (χ4n) is 1.07. The molecule has 0 aliphatic carbocycles. The second-order valence-electron chi connectivity index (χ2n) is 3.22. The minimum Gasteiger partial charge on any atom is -0.330 e. The van der Waals surface area contributed by atoms with E-state index in [4.69, 9.17) is 5.73 Å². The van der Waals surface area contributed by atoms with Gasteiger partial charge in [-0.15, -0.1) is 11.3 Å². The zero-order chi connectivity index (χ0) is 9.84. The summed E-state index contributed by atoms with van der Waals surface area (Å²) in [7, 11) is 0. The van der Waals surface area contributed by atoms with Crippen LogP contribution in [0.1, 0.15) is 23.7 Å². The Morgan fingerprint density at radius 2 is 2.31 bits per heavy atom. The van der Waals surface area contributed by atoms with Gasteiger partial charge in [-0.1, -0.05) is 13.8 Å². The highest BCUT2D eigenvalue weighted by Gasteiger charge is 2.09. The number of hydrogen-bond acceptors (Lipinski definition) is 3. The molecule has 0 amide bonds. The van der Waals surface area contributed by atoms with E-state index in [0.29, 0.717) is 5.92 Å². The summed E-state index contributed by atoms with van der Waals surface area (Å²) in [5.74, 6) is 0.530. The Kier molecular flexibility index (Phi) is 4.35. The third-order valence-corrected chi connectivity index (χ3v) is 4.08. The highest BCUT2D eigenvalue weighted by Crippen LogP contribution is 2.25. The smallest absolute Gasteiger partial charge is 0.120 e. The average Bonchev–Trinajstić information content (AvgIpc) is 2.46. The molecule has 2 nitrogen and oxygen atoms in total. The molecule has 0 spiro atoms. The molecule has 1 aromatic rings. The third kappa shape index (κ3) is 3.04. The van der Waals surface area contributed by atoms with Gasteiger partial charge in [-0.2, -0.15) is 0 Å². The van der Waals surface area contributed by atoms with E-state index < -0.39 is 0 Å². The third-order valence-electron chi connectivity index (χ3n) is 1.94. The van der Waals surface area contributed by atoms with Crippen LogP contribution in [0.3, 0.4) is 0 Å². The van der Waals surface area contributed by atoms with Crippen molar-refractivity contribution in [3.63, 3.8) is 0 Å². The maximum absolute atomic E-state index is 5.56. The quantitative estimate of drug-likeness (QED) is 0.906. The van der Waals surface area contributed by atoms with Gasteiger partial charge >= 0.3 is 0 Å². The summed E-state index contributed by atoms with van der Waals surface area (Å²) in [6.07, 6.45) is 2.05. The SMILES string of the molecule is CCc1sc(CC(C)CN)nc1Br. The topological polar surface area (TPSA) is 38.9 Å². The van der Waals surface area contributed by atoms with Crippen molar-refractivity contribution in [2.45, 2.75) is 26.7 Å². The van der Waals surface area contributed by atoms with Crippen LogP contribution in [0, 0.1) is 5.92 Å². The van der Waals surface area contributed by atoms with Crippen LogP contribution in [0.25, 0.3) is 0 Å². The number of rotatable bonds is 4. The first kappa shape index (κ1) is 11.1. The second-order valence-corrected chi connectivity index (χ2v) is 5.14. The fourth-order valence-corrected chi connectivity index (χ4v) is 2.98. The molecule has 4 heteroatoms. The van der Waals surface area contributed by atoms with E-state index in [1.807, 2.05) is 0 Å². The van der Waals surface area contributed by atoms with Crippen molar-refractivity contribution >= 4 is 27.3 Å². The number of halogens is 1. The van der Waals surface area contributed by atoms with Crippen molar-refractivity contribution in [2.75, 3.05) is 6.54 Å². The van der Waals surface area contributed by atoms with Crippen LogP contribution in [0.5, 0.6) is 0 Å². The van der Waals surface area contributed by atoms with Gasteiger partial charge in [0.2, 0.25) is 0 Å². The lowest BCUT2D eigenvalue weighted by Gasteiger charge is -2.03. The number of thiazole rings is 1. The summed E-state index contributed by atoms with van der Waals surface area (Å²) in [4.78, 5) is 5.78. The zero-order valence-corrected chi connectivity index (χ0v) is 10.4. The van der Waals surface area contributed by atoms with E-state index in [1.165, 1.54) is 9.88 Å². The molecule has 0 bridgehead atoms. The van der Waals surface area contributed by atoms with Gasteiger partial charge in [0, 0.05) is 11.3 Å². The molecule has 1 heterocycles. The summed E-state index contributed by atoms with van der Waals surface area (Å²) in [6, 6.07) is 0. The van der Waals surface area contributed by atoms with E-state index in [1.54, 1.807) is 11.3 Å². The molecule has 0 aliphatic heterocycles. The van der Waals surface area contributed by atoms with Crippen LogP contribution >= 0.6 is 27.3 Å². The molecular formula is C9H15BrN2S. The molecule has 0 saturated heterocycles. The Balaban J connectivity index is 2.67. The predicted molar refractivity (Wildman–Crippen MR) is 61.1 cm³/mol. The van der Waals surface area contributed by atoms with Crippen molar-refractivity contribution in [1.29, 1.82) is 0 Å². The van der Waals surface area contributed by atoms with Gasteiger partial charge in [0.1, 0.15) is 4.60 Å². The highest BCUT2D eigenvalue weighted by atomic mass is 79.9. The molecule has 0 aromatic carbocycles. The molecule has 1 rings (SSSR count). The Labute approximate surface area is 91.7 Å². The summed E-state index contributed by atoms with van der Waals surface area (Å²) >= 11 is 5.25. The van der Waals surface area contributed by atoms with Crippen molar-refractivity contribution in [3.05, 3.63) is 14.5 Å². The van der Waals surface area contributed by atoms with Crippen molar-refractivity contribution < 1.29 is 0 Å². The molecule has 74 valence electrons. The van der Waals surface area contributed by atoms with E-state index in [9.17, 15) is 0 Å². The predicted octanol–water partition coefficient (Wildman–Crippen LogP) is 2.61. The van der Waals surface area contributed by atoms with E-state index >= 15 is 0 Å². The van der Waals surface area contributed by atoms with Crippen LogP contribution in [-0.2, 0) is 12.8 Å². The molecule has 1 atom stereocenters. The second kappa shape index (κ2) is 5.08. The van der Waals surface area contributed by atoms with Crippen LogP contribution in [0.15, 0.2) is 4.60 Å². The van der Waals surface area contributed by atoms with Gasteiger partial charge in [-0.3, -0.25) is 0 Å². The highest BCUT2D eigenvalue weighted by molar-refractivity contribution is 9.10. The monoisotopic (exact) mass is 262 g/mol. The molecular weight excluding hydrogens is 248 g/mol. The van der Waals surface area contributed by atoms with Gasteiger partial charge in [-0.25, -0.2) is 4.98 Å². The molecule has 0 saturated carbocycles. The molecule has 0 aliphatic rings. The van der Waals surface area contributed by atoms with Crippen LogP contribution < -0.4 is 5.73 Å². The first-order valence-electron chi connectivity index (χ1n) is 4.51. The minimum atomic E-state index is 0.530. The first-order chi connectivity index (χ1) is 6.17.